The molecule has 0 aliphatic heterocycles. The largest absolute Gasteiger partial charge is 0.466 e. The van der Waals surface area contributed by atoms with Gasteiger partial charge in [-0.3, -0.25) is 0 Å². The number of hydrogen-bond acceptors (Lipinski definition) is 3. The Labute approximate surface area is 157 Å². The van der Waals surface area contributed by atoms with Crippen LogP contribution in [-0.4, -0.2) is 18.3 Å². The molecule has 1 aromatic carbocycles. The van der Waals surface area contributed by atoms with E-state index in [1.54, 1.807) is 17.8 Å². The van der Waals surface area contributed by atoms with Gasteiger partial charge in [-0.25, -0.2) is 4.79 Å². The van der Waals surface area contributed by atoms with Crippen molar-refractivity contribution in [3.05, 3.63) is 65.3 Å². The van der Waals surface area contributed by atoms with Crippen LogP contribution in [0.25, 0.3) is 0 Å². The second kappa shape index (κ2) is 11.8. The zero-order valence-electron chi connectivity index (χ0n) is 16.0. The zero-order chi connectivity index (χ0) is 18.7. The van der Waals surface area contributed by atoms with Crippen molar-refractivity contribution in [2.45, 2.75) is 57.1 Å². The van der Waals surface area contributed by atoms with E-state index in [0.29, 0.717) is 0 Å². The molecule has 1 rings (SSSR count). The molecule has 25 heavy (non-hydrogen) atoms. The molecule has 0 aromatic heterocycles. The van der Waals surface area contributed by atoms with Crippen LogP contribution in [-0.2, 0) is 9.53 Å². The summed E-state index contributed by atoms with van der Waals surface area (Å²) in [6, 6.07) is 10.3. The normalized spacial score (nSPS) is 13.3. The van der Waals surface area contributed by atoms with E-state index in [-0.39, 0.29) is 11.2 Å². The van der Waals surface area contributed by atoms with Gasteiger partial charge in [0.15, 0.2) is 0 Å². The Morgan fingerprint density at radius 2 is 1.80 bits per heavy atom. The van der Waals surface area contributed by atoms with Crippen molar-refractivity contribution < 1.29 is 9.53 Å². The molecule has 0 radical (unpaired) electrons. The molecule has 0 saturated heterocycles. The van der Waals surface area contributed by atoms with Gasteiger partial charge in [0.1, 0.15) is 0 Å². The summed E-state index contributed by atoms with van der Waals surface area (Å²) in [5, 5.41) is 0.222. The van der Waals surface area contributed by atoms with Gasteiger partial charge in [0.05, 0.1) is 7.11 Å². The Morgan fingerprint density at radius 1 is 1.12 bits per heavy atom. The molecule has 0 aliphatic carbocycles. The first-order valence-electron chi connectivity index (χ1n) is 8.69. The number of methoxy groups -OCH3 is 1. The summed E-state index contributed by atoms with van der Waals surface area (Å²) in [6.45, 7) is 8.45. The second-order valence-electron chi connectivity index (χ2n) is 6.44. The summed E-state index contributed by atoms with van der Waals surface area (Å²) in [5.74, 6) is -0.291. The fourth-order valence-electron chi connectivity index (χ4n) is 2.33. The van der Waals surface area contributed by atoms with Crippen molar-refractivity contribution >= 4 is 17.7 Å². The highest BCUT2D eigenvalue weighted by molar-refractivity contribution is 8.00. The van der Waals surface area contributed by atoms with Crippen molar-refractivity contribution in [1.82, 2.24) is 0 Å². The molecule has 0 fully saturated rings. The van der Waals surface area contributed by atoms with E-state index in [1.807, 2.05) is 25.1 Å². The van der Waals surface area contributed by atoms with Gasteiger partial charge in [-0.2, -0.15) is 0 Å². The van der Waals surface area contributed by atoms with Crippen LogP contribution in [0.1, 0.15) is 47.0 Å². The topological polar surface area (TPSA) is 26.3 Å². The van der Waals surface area contributed by atoms with Crippen LogP contribution in [0.4, 0.5) is 0 Å². The number of carbonyl (C=O) groups is 1. The average molecular weight is 359 g/mol. The Bertz CT molecular complexity index is 623. The second-order valence-corrected chi connectivity index (χ2v) is 7.71. The van der Waals surface area contributed by atoms with E-state index in [0.717, 1.165) is 24.8 Å². The van der Waals surface area contributed by atoms with Gasteiger partial charge in [-0.1, -0.05) is 47.1 Å². The van der Waals surface area contributed by atoms with E-state index in [9.17, 15) is 4.79 Å². The first-order chi connectivity index (χ1) is 11.9. The third-order valence-electron chi connectivity index (χ3n) is 3.85. The van der Waals surface area contributed by atoms with Crippen LogP contribution < -0.4 is 0 Å². The lowest BCUT2D eigenvalue weighted by atomic mass is 10.1. The minimum absolute atomic E-state index is 0.222. The smallest absolute Gasteiger partial charge is 0.330 e. The van der Waals surface area contributed by atoms with Crippen molar-refractivity contribution in [1.29, 1.82) is 0 Å². The van der Waals surface area contributed by atoms with E-state index in [1.165, 1.54) is 23.2 Å². The fourth-order valence-corrected chi connectivity index (χ4v) is 3.42. The van der Waals surface area contributed by atoms with Crippen molar-refractivity contribution in [2.24, 2.45) is 0 Å². The maximum atomic E-state index is 11.6. The molecule has 0 saturated carbocycles. The van der Waals surface area contributed by atoms with Crippen molar-refractivity contribution in [3.8, 4) is 0 Å². The summed E-state index contributed by atoms with van der Waals surface area (Å²) in [7, 11) is 1.42. The Balaban J connectivity index is 2.81. The molecule has 2 nitrogen and oxygen atoms in total. The molecule has 0 spiro atoms. The summed E-state index contributed by atoms with van der Waals surface area (Å²) in [5.41, 5.74) is 3.79. The Hall–Kier alpha value is -1.74. The molecule has 3 heteroatoms. The van der Waals surface area contributed by atoms with Crippen LogP contribution in [0.15, 0.2) is 70.2 Å². The first kappa shape index (κ1) is 21.3. The minimum Gasteiger partial charge on any atom is -0.466 e. The summed E-state index contributed by atoms with van der Waals surface area (Å²) in [6.07, 6.45) is 9.24. The average Bonchev–Trinajstić information content (AvgIpc) is 2.58. The highest BCUT2D eigenvalue weighted by Crippen LogP contribution is 2.31. The molecular formula is C22H30O2S. The molecule has 0 bridgehead atoms. The van der Waals surface area contributed by atoms with E-state index in [4.69, 9.17) is 4.74 Å². The van der Waals surface area contributed by atoms with Gasteiger partial charge in [-0.05, 0) is 59.1 Å². The minimum atomic E-state index is -0.291. The summed E-state index contributed by atoms with van der Waals surface area (Å²) >= 11 is 1.79. The first-order valence-corrected chi connectivity index (χ1v) is 9.57. The molecular weight excluding hydrogens is 328 g/mol. The number of carbonyl (C=O) groups excluding carboxylic acids is 1. The fraction of sp³-hybridized carbons (Fsp3) is 0.409. The van der Waals surface area contributed by atoms with E-state index < -0.39 is 0 Å². The quantitative estimate of drug-likeness (QED) is 0.223. The molecule has 0 aliphatic rings. The summed E-state index contributed by atoms with van der Waals surface area (Å²) < 4.78 is 4.78. The van der Waals surface area contributed by atoms with Gasteiger partial charge in [0, 0.05) is 16.2 Å². The molecule has 136 valence electrons. The van der Waals surface area contributed by atoms with Crippen LogP contribution in [0, 0.1) is 0 Å². The third kappa shape index (κ3) is 9.35. The predicted octanol–water partition coefficient (Wildman–Crippen LogP) is 6.35. The Kier molecular flexibility index (Phi) is 10.0. The maximum absolute atomic E-state index is 11.6. The number of esters is 1. The van der Waals surface area contributed by atoms with Crippen LogP contribution in [0.5, 0.6) is 0 Å². The number of benzene rings is 1. The van der Waals surface area contributed by atoms with Gasteiger partial charge in [0.2, 0.25) is 0 Å². The number of thioether (sulfide) groups is 1. The van der Waals surface area contributed by atoms with Crippen molar-refractivity contribution in [3.63, 3.8) is 0 Å². The molecule has 1 atom stereocenters. The highest BCUT2D eigenvalue weighted by Gasteiger charge is 2.13. The van der Waals surface area contributed by atoms with Gasteiger partial charge in [-0.15, -0.1) is 11.8 Å². The number of ether oxygens (including phenoxy) is 1. The van der Waals surface area contributed by atoms with Gasteiger partial charge in [0.25, 0.3) is 0 Å². The molecule has 1 unspecified atom stereocenters. The van der Waals surface area contributed by atoms with Crippen LogP contribution in [0.3, 0.4) is 0 Å². The Morgan fingerprint density at radius 3 is 2.40 bits per heavy atom. The highest BCUT2D eigenvalue weighted by atomic mass is 32.2. The van der Waals surface area contributed by atoms with Gasteiger partial charge < -0.3 is 4.74 Å². The molecule has 0 N–H and O–H groups in total. The van der Waals surface area contributed by atoms with E-state index in [2.05, 4.69) is 45.1 Å². The molecule has 0 amide bonds. The maximum Gasteiger partial charge on any atom is 0.330 e. The lowest BCUT2D eigenvalue weighted by Gasteiger charge is -2.16. The lowest BCUT2D eigenvalue weighted by molar-refractivity contribution is -0.134. The monoisotopic (exact) mass is 358 g/mol. The number of rotatable bonds is 9. The lowest BCUT2D eigenvalue weighted by Crippen LogP contribution is -2.07. The molecule has 0 heterocycles. The standard InChI is InChI=1S/C22H30O2S/c1-17(2)10-9-11-18(3)14-15-21(19(4)16-22(23)24-5)25-20-12-7-6-8-13-20/h6-8,10,12-14,16,21H,9,11,15H2,1-5H3/b18-14-,19-16+. The predicted molar refractivity (Wildman–Crippen MR) is 109 cm³/mol. The van der Waals surface area contributed by atoms with Crippen LogP contribution in [0.2, 0.25) is 0 Å². The van der Waals surface area contributed by atoms with Crippen molar-refractivity contribution in [2.75, 3.05) is 7.11 Å². The third-order valence-corrected chi connectivity index (χ3v) is 5.24. The molecule has 1 aromatic rings. The van der Waals surface area contributed by atoms with E-state index >= 15 is 0 Å². The number of hydrogen-bond donors (Lipinski definition) is 0. The van der Waals surface area contributed by atoms with Crippen LogP contribution >= 0.6 is 11.8 Å². The summed E-state index contributed by atoms with van der Waals surface area (Å²) in [4.78, 5) is 12.8. The number of allylic oxidation sites excluding steroid dienone is 4. The zero-order valence-corrected chi connectivity index (χ0v) is 16.9. The SMILES string of the molecule is COC(=O)/C=C(\C)C(C/C=C(/C)CCC=C(C)C)Sc1ccccc1. The van der Waals surface area contributed by atoms with Gasteiger partial charge >= 0.3 is 5.97 Å².